The highest BCUT2D eigenvalue weighted by Gasteiger charge is 2.51. The molecule has 1 amide bonds. The number of carbonyl (C=O) groups is 1. The standard InChI is InChI=1S/C19H25NO3S/c21-18(16-4-2-1-3-5-16)20-13-19(14-20)10-17(12-24-19)23-11-15-6-8-22-9-7-15/h1-5,15,17H,6-14H2/t17-/m0/s1. The van der Waals surface area contributed by atoms with Crippen molar-refractivity contribution in [3.05, 3.63) is 35.9 Å². The molecule has 1 spiro atoms. The Kier molecular flexibility index (Phi) is 4.83. The zero-order chi connectivity index (χ0) is 16.4. The van der Waals surface area contributed by atoms with Crippen LogP contribution in [0, 0.1) is 5.92 Å². The average molecular weight is 347 g/mol. The first-order chi connectivity index (χ1) is 11.7. The monoisotopic (exact) mass is 347 g/mol. The molecule has 3 fully saturated rings. The van der Waals surface area contributed by atoms with Crippen molar-refractivity contribution in [2.75, 3.05) is 38.7 Å². The van der Waals surface area contributed by atoms with Crippen LogP contribution in [0.1, 0.15) is 29.6 Å². The number of thioether (sulfide) groups is 1. The Morgan fingerprint density at radius 2 is 2.00 bits per heavy atom. The molecule has 5 heteroatoms. The fourth-order valence-corrected chi connectivity index (χ4v) is 5.42. The third kappa shape index (κ3) is 3.48. The molecular weight excluding hydrogens is 322 g/mol. The maximum Gasteiger partial charge on any atom is 0.253 e. The molecule has 3 aliphatic rings. The Labute approximate surface area is 147 Å². The minimum absolute atomic E-state index is 0.161. The highest BCUT2D eigenvalue weighted by atomic mass is 32.2. The van der Waals surface area contributed by atoms with Crippen molar-refractivity contribution < 1.29 is 14.3 Å². The molecule has 3 aliphatic heterocycles. The number of likely N-dealkylation sites (tertiary alicyclic amines) is 1. The number of amides is 1. The fourth-order valence-electron chi connectivity index (χ4n) is 3.87. The molecule has 3 heterocycles. The van der Waals surface area contributed by atoms with Crippen LogP contribution in [-0.2, 0) is 9.47 Å². The molecule has 24 heavy (non-hydrogen) atoms. The minimum atomic E-state index is 0.161. The molecular formula is C19H25NO3S. The first-order valence-electron chi connectivity index (χ1n) is 8.92. The maximum atomic E-state index is 12.5. The lowest BCUT2D eigenvalue weighted by Gasteiger charge is -2.47. The van der Waals surface area contributed by atoms with E-state index in [4.69, 9.17) is 9.47 Å². The molecule has 0 radical (unpaired) electrons. The van der Waals surface area contributed by atoms with Gasteiger partial charge in [-0.1, -0.05) is 18.2 Å². The number of ether oxygens (including phenoxy) is 2. The predicted octanol–water partition coefficient (Wildman–Crippen LogP) is 2.83. The van der Waals surface area contributed by atoms with E-state index in [0.717, 1.165) is 63.5 Å². The second-order valence-electron chi connectivity index (χ2n) is 7.24. The SMILES string of the molecule is O=C(c1ccccc1)N1CC2(C[C@H](OCC3CCOCC3)CS2)C1. The lowest BCUT2D eigenvalue weighted by atomic mass is 9.92. The summed E-state index contributed by atoms with van der Waals surface area (Å²) in [6, 6.07) is 9.59. The molecule has 0 N–H and O–H groups in total. The van der Waals surface area contributed by atoms with Crippen LogP contribution >= 0.6 is 11.8 Å². The second kappa shape index (κ2) is 7.06. The van der Waals surface area contributed by atoms with Crippen LogP contribution in [-0.4, -0.2) is 60.3 Å². The van der Waals surface area contributed by atoms with Gasteiger partial charge in [0.1, 0.15) is 0 Å². The van der Waals surface area contributed by atoms with Crippen LogP contribution in [0.2, 0.25) is 0 Å². The van der Waals surface area contributed by atoms with Crippen LogP contribution in [0.3, 0.4) is 0 Å². The first kappa shape index (κ1) is 16.4. The molecule has 1 atom stereocenters. The van der Waals surface area contributed by atoms with Crippen molar-refractivity contribution in [2.45, 2.75) is 30.1 Å². The van der Waals surface area contributed by atoms with Crippen LogP contribution in [0.4, 0.5) is 0 Å². The lowest BCUT2D eigenvalue weighted by Crippen LogP contribution is -2.60. The maximum absolute atomic E-state index is 12.5. The molecule has 0 aliphatic carbocycles. The Hall–Kier alpha value is -1.04. The van der Waals surface area contributed by atoms with Gasteiger partial charge in [0.05, 0.1) is 10.9 Å². The predicted molar refractivity (Wildman–Crippen MR) is 95.4 cm³/mol. The van der Waals surface area contributed by atoms with Gasteiger partial charge in [0.25, 0.3) is 5.91 Å². The summed E-state index contributed by atoms with van der Waals surface area (Å²) in [5.41, 5.74) is 0.794. The number of rotatable bonds is 4. The summed E-state index contributed by atoms with van der Waals surface area (Å²) in [6.07, 6.45) is 3.69. The van der Waals surface area contributed by atoms with Gasteiger partial charge in [0.15, 0.2) is 0 Å². The highest BCUT2D eigenvalue weighted by Crippen LogP contribution is 2.46. The third-order valence-electron chi connectivity index (χ3n) is 5.35. The van der Waals surface area contributed by atoms with Gasteiger partial charge in [0.2, 0.25) is 0 Å². The van der Waals surface area contributed by atoms with Crippen molar-refractivity contribution in [1.29, 1.82) is 0 Å². The van der Waals surface area contributed by atoms with Crippen LogP contribution in [0.25, 0.3) is 0 Å². The first-order valence-corrected chi connectivity index (χ1v) is 9.90. The lowest BCUT2D eigenvalue weighted by molar-refractivity contribution is -0.0118. The number of nitrogens with zero attached hydrogens (tertiary/aromatic N) is 1. The van der Waals surface area contributed by atoms with E-state index in [1.807, 2.05) is 47.0 Å². The number of hydrogen-bond donors (Lipinski definition) is 0. The van der Waals surface area contributed by atoms with Gasteiger partial charge in [-0.15, -0.1) is 11.8 Å². The van der Waals surface area contributed by atoms with Gasteiger partial charge in [-0.25, -0.2) is 0 Å². The Balaban J connectivity index is 1.23. The van der Waals surface area contributed by atoms with Gasteiger partial charge in [-0.05, 0) is 37.3 Å². The summed E-state index contributed by atoms with van der Waals surface area (Å²) in [5.74, 6) is 1.89. The van der Waals surface area contributed by atoms with E-state index in [0.29, 0.717) is 12.0 Å². The van der Waals surface area contributed by atoms with Gasteiger partial charge >= 0.3 is 0 Å². The van der Waals surface area contributed by atoms with Crippen molar-refractivity contribution in [3.8, 4) is 0 Å². The van der Waals surface area contributed by atoms with E-state index in [-0.39, 0.29) is 10.7 Å². The second-order valence-corrected chi connectivity index (χ2v) is 8.72. The van der Waals surface area contributed by atoms with Gasteiger partial charge in [0, 0.05) is 44.2 Å². The number of carbonyl (C=O) groups excluding carboxylic acids is 1. The summed E-state index contributed by atoms with van der Waals surface area (Å²) in [4.78, 5) is 14.4. The van der Waals surface area contributed by atoms with E-state index < -0.39 is 0 Å². The molecule has 0 aromatic heterocycles. The highest BCUT2D eigenvalue weighted by molar-refractivity contribution is 8.01. The van der Waals surface area contributed by atoms with E-state index >= 15 is 0 Å². The summed E-state index contributed by atoms with van der Waals surface area (Å²) in [6.45, 7) is 4.37. The Bertz CT molecular complexity index is 567. The van der Waals surface area contributed by atoms with E-state index in [1.54, 1.807) is 0 Å². The van der Waals surface area contributed by atoms with Gasteiger partial charge < -0.3 is 14.4 Å². The summed E-state index contributed by atoms with van der Waals surface area (Å²) < 4.78 is 11.8. The smallest absolute Gasteiger partial charge is 0.253 e. The quantitative estimate of drug-likeness (QED) is 0.840. The zero-order valence-corrected chi connectivity index (χ0v) is 14.8. The van der Waals surface area contributed by atoms with Crippen LogP contribution < -0.4 is 0 Å². The van der Waals surface area contributed by atoms with Crippen molar-refractivity contribution in [1.82, 2.24) is 4.90 Å². The summed E-state index contributed by atoms with van der Waals surface area (Å²) in [5, 5.41) is 0. The van der Waals surface area contributed by atoms with Crippen LogP contribution in [0.15, 0.2) is 30.3 Å². The van der Waals surface area contributed by atoms with Crippen molar-refractivity contribution >= 4 is 17.7 Å². The van der Waals surface area contributed by atoms with Gasteiger partial charge in [-0.2, -0.15) is 0 Å². The van der Waals surface area contributed by atoms with Crippen molar-refractivity contribution in [2.24, 2.45) is 5.92 Å². The largest absolute Gasteiger partial charge is 0.381 e. The molecule has 0 saturated carbocycles. The molecule has 4 nitrogen and oxygen atoms in total. The molecule has 0 unspecified atom stereocenters. The van der Waals surface area contributed by atoms with Gasteiger partial charge in [-0.3, -0.25) is 4.79 Å². The molecule has 4 rings (SSSR count). The molecule has 1 aromatic carbocycles. The Morgan fingerprint density at radius 3 is 2.75 bits per heavy atom. The number of hydrogen-bond acceptors (Lipinski definition) is 4. The van der Waals surface area contributed by atoms with E-state index in [1.165, 1.54) is 0 Å². The molecule has 1 aromatic rings. The van der Waals surface area contributed by atoms with E-state index in [9.17, 15) is 4.79 Å². The Morgan fingerprint density at radius 1 is 1.25 bits per heavy atom. The van der Waals surface area contributed by atoms with Crippen molar-refractivity contribution in [3.63, 3.8) is 0 Å². The zero-order valence-electron chi connectivity index (χ0n) is 14.0. The number of benzene rings is 1. The van der Waals surface area contributed by atoms with Crippen LogP contribution in [0.5, 0.6) is 0 Å². The fraction of sp³-hybridized carbons (Fsp3) is 0.632. The van der Waals surface area contributed by atoms with E-state index in [2.05, 4.69) is 0 Å². The summed E-state index contributed by atoms with van der Waals surface area (Å²) >= 11 is 2.00. The molecule has 0 bridgehead atoms. The molecule has 3 saturated heterocycles. The topological polar surface area (TPSA) is 38.8 Å². The third-order valence-corrected chi connectivity index (χ3v) is 6.93. The molecule has 130 valence electrons. The summed E-state index contributed by atoms with van der Waals surface area (Å²) in [7, 11) is 0. The average Bonchev–Trinajstić information content (AvgIpc) is 3.04. The normalized spacial score (nSPS) is 26.5. The minimum Gasteiger partial charge on any atom is -0.381 e.